The van der Waals surface area contributed by atoms with E-state index in [1.807, 2.05) is 0 Å². The molecule has 10 atom stereocenters. The number of aliphatic hydroxyl groups excluding tert-OH is 8. The van der Waals surface area contributed by atoms with Crippen LogP contribution in [-0.4, -0.2) is 125 Å². The van der Waals surface area contributed by atoms with Crippen LogP contribution in [0, 0.1) is 0 Å². The molecule has 2 aliphatic rings. The first-order valence-electron chi connectivity index (χ1n) is 7.15. The van der Waals surface area contributed by atoms with Gasteiger partial charge in [0, 0.05) is 0 Å². The summed E-state index contributed by atoms with van der Waals surface area (Å²) in [6, 6.07) is 0. The van der Waals surface area contributed by atoms with E-state index in [4.69, 9.17) is 19.7 Å². The lowest BCUT2D eigenvalue weighted by Crippen LogP contribution is -2.81. The van der Waals surface area contributed by atoms with Crippen LogP contribution in [0.4, 0.5) is 0 Å². The van der Waals surface area contributed by atoms with Crippen molar-refractivity contribution in [2.24, 2.45) is 0 Å². The van der Waals surface area contributed by atoms with Gasteiger partial charge in [-0.1, -0.05) is 0 Å². The molecular weight excluding hydrogens is 336 g/mol. The SMILES string of the molecule is OC[C@H]1O[C@](O)([C@]2(O)O[C@H](CO)[C@@H](O)[C@H](O)[C@@H]2O)[C@@H](O)[C@@H](O)[C@@H]1O. The van der Waals surface area contributed by atoms with Crippen LogP contribution in [0.3, 0.4) is 0 Å². The molecule has 0 spiro atoms. The van der Waals surface area contributed by atoms with E-state index < -0.39 is 73.6 Å². The maximum atomic E-state index is 10.5. The largest absolute Gasteiger partial charge is 0.394 e. The number of hydrogen-bond acceptors (Lipinski definition) is 12. The third-order valence-corrected chi connectivity index (χ3v) is 4.45. The highest BCUT2D eigenvalue weighted by atomic mass is 16.7. The van der Waals surface area contributed by atoms with Crippen LogP contribution in [0.1, 0.15) is 0 Å². The fraction of sp³-hybridized carbons (Fsp3) is 1.00. The van der Waals surface area contributed by atoms with Gasteiger partial charge in [0.05, 0.1) is 13.2 Å². The molecule has 0 bridgehead atoms. The van der Waals surface area contributed by atoms with E-state index in [-0.39, 0.29) is 0 Å². The van der Waals surface area contributed by atoms with E-state index in [1.165, 1.54) is 0 Å². The zero-order valence-corrected chi connectivity index (χ0v) is 12.3. The molecule has 0 amide bonds. The molecule has 24 heavy (non-hydrogen) atoms. The molecule has 2 heterocycles. The van der Waals surface area contributed by atoms with E-state index in [1.54, 1.807) is 0 Å². The molecule has 0 radical (unpaired) electrons. The average molecular weight is 358 g/mol. The second kappa shape index (κ2) is 6.68. The zero-order chi connectivity index (χ0) is 18.4. The Morgan fingerprint density at radius 3 is 1.12 bits per heavy atom. The summed E-state index contributed by atoms with van der Waals surface area (Å²) in [5.74, 6) is -6.65. The summed E-state index contributed by atoms with van der Waals surface area (Å²) in [5, 5.41) is 98.3. The van der Waals surface area contributed by atoms with Crippen molar-refractivity contribution in [3.63, 3.8) is 0 Å². The third kappa shape index (κ3) is 2.65. The highest BCUT2D eigenvalue weighted by Gasteiger charge is 2.71. The van der Waals surface area contributed by atoms with E-state index in [2.05, 4.69) is 0 Å². The molecule has 2 aliphatic heterocycles. The summed E-state index contributed by atoms with van der Waals surface area (Å²) in [6.45, 7) is -1.90. The van der Waals surface area contributed by atoms with Crippen LogP contribution in [-0.2, 0) is 9.47 Å². The molecule has 0 aromatic heterocycles. The minimum absolute atomic E-state index is 0.950. The summed E-state index contributed by atoms with van der Waals surface area (Å²) < 4.78 is 9.69. The molecule has 12 nitrogen and oxygen atoms in total. The van der Waals surface area contributed by atoms with Crippen LogP contribution in [0.5, 0.6) is 0 Å². The summed E-state index contributed by atoms with van der Waals surface area (Å²) in [5.41, 5.74) is 0. The van der Waals surface area contributed by atoms with Gasteiger partial charge in [-0.3, -0.25) is 0 Å². The first kappa shape index (κ1) is 19.8. The second-order valence-corrected chi connectivity index (χ2v) is 5.92. The lowest BCUT2D eigenvalue weighted by Gasteiger charge is -2.56. The minimum atomic E-state index is -3.33. The summed E-state index contributed by atoms with van der Waals surface area (Å²) in [7, 11) is 0. The van der Waals surface area contributed by atoms with Gasteiger partial charge in [0.1, 0.15) is 48.8 Å². The van der Waals surface area contributed by atoms with Gasteiger partial charge in [-0.05, 0) is 0 Å². The minimum Gasteiger partial charge on any atom is -0.394 e. The predicted octanol–water partition coefficient (Wildman–Crippen LogP) is -6.69. The average Bonchev–Trinajstić information content (AvgIpc) is 2.57. The van der Waals surface area contributed by atoms with E-state index >= 15 is 0 Å². The number of ether oxygens (including phenoxy) is 2. The van der Waals surface area contributed by atoms with Gasteiger partial charge in [-0.2, -0.15) is 0 Å². The normalized spacial score (nSPS) is 56.2. The van der Waals surface area contributed by atoms with Crippen molar-refractivity contribution in [1.29, 1.82) is 0 Å². The lowest BCUT2D eigenvalue weighted by atomic mass is 9.80. The molecule has 10 N–H and O–H groups in total. The van der Waals surface area contributed by atoms with E-state index in [9.17, 15) is 40.9 Å². The van der Waals surface area contributed by atoms with Crippen molar-refractivity contribution < 1.29 is 60.5 Å². The lowest BCUT2D eigenvalue weighted by molar-refractivity contribution is -0.490. The van der Waals surface area contributed by atoms with E-state index in [0.717, 1.165) is 0 Å². The molecule has 0 saturated carbocycles. The van der Waals surface area contributed by atoms with Gasteiger partial charge in [-0.25, -0.2) is 0 Å². The third-order valence-electron chi connectivity index (χ3n) is 4.45. The van der Waals surface area contributed by atoms with Crippen LogP contribution in [0.15, 0.2) is 0 Å². The van der Waals surface area contributed by atoms with Gasteiger partial charge in [-0.15, -0.1) is 0 Å². The molecular formula is C12H22O12. The molecule has 2 rings (SSSR count). The summed E-state index contributed by atoms with van der Waals surface area (Å²) in [4.78, 5) is 0. The molecule has 0 aromatic rings. The van der Waals surface area contributed by atoms with Gasteiger partial charge in [0.15, 0.2) is 0 Å². The quantitative estimate of drug-likeness (QED) is 0.227. The molecule has 0 aromatic carbocycles. The van der Waals surface area contributed by atoms with Gasteiger partial charge in [0.25, 0.3) is 11.6 Å². The van der Waals surface area contributed by atoms with E-state index in [0.29, 0.717) is 0 Å². The fourth-order valence-corrected chi connectivity index (χ4v) is 2.90. The Morgan fingerprint density at radius 1 is 0.583 bits per heavy atom. The van der Waals surface area contributed by atoms with Crippen LogP contribution < -0.4 is 0 Å². The Kier molecular flexibility index (Phi) is 5.52. The van der Waals surface area contributed by atoms with Crippen molar-refractivity contribution in [2.75, 3.05) is 13.2 Å². The molecule has 0 unspecified atom stereocenters. The Morgan fingerprint density at radius 2 is 0.875 bits per heavy atom. The first-order chi connectivity index (χ1) is 11.0. The van der Waals surface area contributed by atoms with Gasteiger partial charge < -0.3 is 60.5 Å². The van der Waals surface area contributed by atoms with Gasteiger partial charge in [0.2, 0.25) is 0 Å². The van der Waals surface area contributed by atoms with Crippen molar-refractivity contribution in [3.8, 4) is 0 Å². The molecule has 12 heteroatoms. The molecule has 142 valence electrons. The molecule has 2 fully saturated rings. The highest BCUT2D eigenvalue weighted by Crippen LogP contribution is 2.43. The standard InChI is InChI=1S/C12H22O12/c13-1-3-5(15)7(17)9(19)11(21,23-3)12(22)10(20)8(18)6(16)4(2-14)24-12/h3-10,13-22H,1-2H2/t3-,4-,5-,6-,7+,8+,9+,10+,11-,12+/m1/s1. The summed E-state index contributed by atoms with van der Waals surface area (Å²) in [6.07, 6.45) is -16.2. The maximum absolute atomic E-state index is 10.5. The summed E-state index contributed by atoms with van der Waals surface area (Å²) >= 11 is 0. The van der Waals surface area contributed by atoms with Crippen LogP contribution in [0.2, 0.25) is 0 Å². The monoisotopic (exact) mass is 358 g/mol. The zero-order valence-electron chi connectivity index (χ0n) is 12.3. The first-order valence-corrected chi connectivity index (χ1v) is 7.15. The smallest absolute Gasteiger partial charge is 0.254 e. The molecule has 0 aliphatic carbocycles. The number of aliphatic hydroxyl groups is 10. The number of rotatable bonds is 3. The van der Waals surface area contributed by atoms with Crippen molar-refractivity contribution in [3.05, 3.63) is 0 Å². The topological polar surface area (TPSA) is 221 Å². The number of hydrogen-bond donors (Lipinski definition) is 10. The van der Waals surface area contributed by atoms with Crippen molar-refractivity contribution >= 4 is 0 Å². The van der Waals surface area contributed by atoms with Gasteiger partial charge >= 0.3 is 0 Å². The van der Waals surface area contributed by atoms with Crippen LogP contribution >= 0.6 is 0 Å². The molecule has 2 saturated heterocycles. The highest BCUT2D eigenvalue weighted by molar-refractivity contribution is 5.09. The fourth-order valence-electron chi connectivity index (χ4n) is 2.90. The van der Waals surface area contributed by atoms with Crippen LogP contribution in [0.25, 0.3) is 0 Å². The van der Waals surface area contributed by atoms with Crippen molar-refractivity contribution in [1.82, 2.24) is 0 Å². The Bertz CT molecular complexity index is 406. The second-order valence-electron chi connectivity index (χ2n) is 5.92. The Labute approximate surface area is 135 Å². The predicted molar refractivity (Wildman–Crippen MR) is 69.9 cm³/mol. The Balaban J connectivity index is 2.45. The Hall–Kier alpha value is -0.480. The van der Waals surface area contributed by atoms with Crippen molar-refractivity contribution in [2.45, 2.75) is 60.4 Å². The maximum Gasteiger partial charge on any atom is 0.254 e.